The number of hydrogen-bond donors (Lipinski definition) is 2. The van der Waals surface area contributed by atoms with E-state index in [9.17, 15) is 9.59 Å². The van der Waals surface area contributed by atoms with Crippen LogP contribution in [0, 0.1) is 5.92 Å². The number of aliphatic carboxylic acids is 2. The minimum atomic E-state index is -0.916. The first-order valence-electron chi connectivity index (χ1n) is 5.03. The predicted molar refractivity (Wildman–Crippen MR) is 55.8 cm³/mol. The standard InChI is InChI=1S/C10H19NO4/c1-7(2)6-11(5-4-9(12)13)8(3)10(14)15/h7-8H,4-6H2,1-3H3,(H,12,13)(H,14,15). The first-order chi connectivity index (χ1) is 6.84. The molecule has 1 unspecified atom stereocenters. The maximum atomic E-state index is 10.8. The normalized spacial score (nSPS) is 13.1. The zero-order valence-corrected chi connectivity index (χ0v) is 9.43. The third-order valence-electron chi connectivity index (χ3n) is 2.12. The molecule has 0 rings (SSSR count). The third-order valence-corrected chi connectivity index (χ3v) is 2.12. The molecule has 5 nitrogen and oxygen atoms in total. The van der Waals surface area contributed by atoms with Gasteiger partial charge in [0.1, 0.15) is 6.04 Å². The minimum absolute atomic E-state index is 0.0235. The highest BCUT2D eigenvalue weighted by molar-refractivity contribution is 5.73. The summed E-state index contributed by atoms with van der Waals surface area (Å²) in [5.41, 5.74) is 0. The second-order valence-corrected chi connectivity index (χ2v) is 4.05. The van der Waals surface area contributed by atoms with E-state index in [2.05, 4.69) is 0 Å². The highest BCUT2D eigenvalue weighted by atomic mass is 16.4. The predicted octanol–water partition coefficient (Wildman–Crippen LogP) is 0.892. The van der Waals surface area contributed by atoms with E-state index in [0.29, 0.717) is 12.5 Å². The molecular formula is C10H19NO4. The lowest BCUT2D eigenvalue weighted by molar-refractivity contribution is -0.144. The monoisotopic (exact) mass is 217 g/mol. The third kappa shape index (κ3) is 6.06. The molecule has 0 aliphatic carbocycles. The molecule has 0 aliphatic rings. The molecular weight excluding hydrogens is 198 g/mol. The topological polar surface area (TPSA) is 77.8 Å². The van der Waals surface area contributed by atoms with Crippen molar-refractivity contribution in [1.29, 1.82) is 0 Å². The van der Waals surface area contributed by atoms with E-state index in [-0.39, 0.29) is 13.0 Å². The van der Waals surface area contributed by atoms with Crippen LogP contribution in [-0.4, -0.2) is 46.2 Å². The van der Waals surface area contributed by atoms with Crippen molar-refractivity contribution >= 4 is 11.9 Å². The summed E-state index contributed by atoms with van der Waals surface area (Å²) >= 11 is 0. The molecule has 0 radical (unpaired) electrons. The molecule has 0 amide bonds. The number of carboxylic acids is 2. The summed E-state index contributed by atoms with van der Waals surface area (Å²) in [7, 11) is 0. The minimum Gasteiger partial charge on any atom is -0.481 e. The molecule has 0 spiro atoms. The summed E-state index contributed by atoms with van der Waals surface area (Å²) in [6, 6.07) is -0.633. The van der Waals surface area contributed by atoms with Gasteiger partial charge in [0.2, 0.25) is 0 Å². The van der Waals surface area contributed by atoms with Crippen LogP contribution < -0.4 is 0 Å². The van der Waals surface area contributed by atoms with Crippen molar-refractivity contribution in [3.8, 4) is 0 Å². The molecule has 0 heterocycles. The Morgan fingerprint density at radius 1 is 1.20 bits per heavy atom. The van der Waals surface area contributed by atoms with Gasteiger partial charge in [-0.2, -0.15) is 0 Å². The van der Waals surface area contributed by atoms with Crippen molar-refractivity contribution in [3.05, 3.63) is 0 Å². The molecule has 1 atom stereocenters. The second kappa shape index (κ2) is 6.40. The Morgan fingerprint density at radius 2 is 1.73 bits per heavy atom. The van der Waals surface area contributed by atoms with Gasteiger partial charge in [-0.3, -0.25) is 14.5 Å². The van der Waals surface area contributed by atoms with Crippen LogP contribution in [0.5, 0.6) is 0 Å². The molecule has 0 aromatic heterocycles. The first kappa shape index (κ1) is 13.9. The van der Waals surface area contributed by atoms with E-state index in [1.165, 1.54) is 0 Å². The summed E-state index contributed by atoms with van der Waals surface area (Å²) in [6.07, 6.45) is -0.0235. The lowest BCUT2D eigenvalue weighted by atomic mass is 10.1. The molecule has 0 aromatic carbocycles. The van der Waals surface area contributed by atoms with Gasteiger partial charge in [0.25, 0.3) is 0 Å². The van der Waals surface area contributed by atoms with Gasteiger partial charge in [0, 0.05) is 13.1 Å². The van der Waals surface area contributed by atoms with Crippen LogP contribution >= 0.6 is 0 Å². The molecule has 5 heteroatoms. The fourth-order valence-corrected chi connectivity index (χ4v) is 1.31. The highest BCUT2D eigenvalue weighted by Crippen LogP contribution is 2.05. The maximum Gasteiger partial charge on any atom is 0.320 e. The average Bonchev–Trinajstić information content (AvgIpc) is 2.10. The molecule has 15 heavy (non-hydrogen) atoms. The number of nitrogens with zero attached hydrogens (tertiary/aromatic N) is 1. The van der Waals surface area contributed by atoms with Crippen molar-refractivity contribution < 1.29 is 19.8 Å². The van der Waals surface area contributed by atoms with Crippen LogP contribution in [0.15, 0.2) is 0 Å². The Balaban J connectivity index is 4.29. The number of hydrogen-bond acceptors (Lipinski definition) is 3. The molecule has 0 fully saturated rings. The lowest BCUT2D eigenvalue weighted by Gasteiger charge is -2.27. The average molecular weight is 217 g/mol. The SMILES string of the molecule is CC(C)CN(CCC(=O)O)C(C)C(=O)O. The van der Waals surface area contributed by atoms with E-state index < -0.39 is 18.0 Å². The van der Waals surface area contributed by atoms with Gasteiger partial charge in [-0.25, -0.2) is 0 Å². The van der Waals surface area contributed by atoms with Gasteiger partial charge in [0.05, 0.1) is 6.42 Å². The number of carboxylic acid groups (broad SMARTS) is 2. The van der Waals surface area contributed by atoms with Crippen molar-refractivity contribution in [1.82, 2.24) is 4.90 Å². The van der Waals surface area contributed by atoms with Gasteiger partial charge in [-0.05, 0) is 12.8 Å². The largest absolute Gasteiger partial charge is 0.481 e. The first-order valence-corrected chi connectivity index (χ1v) is 5.03. The Kier molecular flexibility index (Phi) is 5.93. The highest BCUT2D eigenvalue weighted by Gasteiger charge is 2.21. The Labute approximate surface area is 89.7 Å². The van der Waals surface area contributed by atoms with Crippen LogP contribution in [0.3, 0.4) is 0 Å². The fourth-order valence-electron chi connectivity index (χ4n) is 1.31. The van der Waals surface area contributed by atoms with Gasteiger partial charge < -0.3 is 10.2 Å². The Bertz CT molecular complexity index is 227. The van der Waals surface area contributed by atoms with Gasteiger partial charge >= 0.3 is 11.9 Å². The maximum absolute atomic E-state index is 10.8. The lowest BCUT2D eigenvalue weighted by Crippen LogP contribution is -2.42. The van der Waals surface area contributed by atoms with Crippen LogP contribution in [0.1, 0.15) is 27.2 Å². The van der Waals surface area contributed by atoms with Crippen molar-refractivity contribution in [2.75, 3.05) is 13.1 Å². The molecule has 0 bridgehead atoms. The van der Waals surface area contributed by atoms with E-state index in [4.69, 9.17) is 10.2 Å². The van der Waals surface area contributed by atoms with E-state index >= 15 is 0 Å². The van der Waals surface area contributed by atoms with E-state index in [0.717, 1.165) is 0 Å². The van der Waals surface area contributed by atoms with Crippen LogP contribution in [0.4, 0.5) is 0 Å². The smallest absolute Gasteiger partial charge is 0.320 e. The molecule has 88 valence electrons. The number of carbonyl (C=O) groups is 2. The summed E-state index contributed by atoms with van der Waals surface area (Å²) in [4.78, 5) is 22.9. The van der Waals surface area contributed by atoms with Gasteiger partial charge in [-0.1, -0.05) is 13.8 Å². The van der Waals surface area contributed by atoms with Gasteiger partial charge in [-0.15, -0.1) is 0 Å². The molecule has 0 aliphatic heterocycles. The fraction of sp³-hybridized carbons (Fsp3) is 0.800. The van der Waals surface area contributed by atoms with Gasteiger partial charge in [0.15, 0.2) is 0 Å². The van der Waals surface area contributed by atoms with Crippen molar-refractivity contribution in [2.45, 2.75) is 33.2 Å². The second-order valence-electron chi connectivity index (χ2n) is 4.05. The summed E-state index contributed by atoms with van der Waals surface area (Å²) < 4.78 is 0. The molecule has 0 aromatic rings. The summed E-state index contributed by atoms with van der Waals surface area (Å²) in [5.74, 6) is -1.50. The Morgan fingerprint density at radius 3 is 2.07 bits per heavy atom. The van der Waals surface area contributed by atoms with Crippen molar-refractivity contribution in [2.24, 2.45) is 5.92 Å². The zero-order valence-electron chi connectivity index (χ0n) is 9.43. The van der Waals surface area contributed by atoms with Crippen LogP contribution in [-0.2, 0) is 9.59 Å². The zero-order chi connectivity index (χ0) is 12.0. The summed E-state index contributed by atoms with van der Waals surface area (Å²) in [5, 5.41) is 17.4. The van der Waals surface area contributed by atoms with Crippen molar-refractivity contribution in [3.63, 3.8) is 0 Å². The molecule has 2 N–H and O–H groups in total. The quantitative estimate of drug-likeness (QED) is 0.662. The molecule has 0 saturated carbocycles. The Hall–Kier alpha value is -1.10. The number of rotatable bonds is 7. The summed E-state index contributed by atoms with van der Waals surface area (Å²) in [6.45, 7) is 6.40. The van der Waals surface area contributed by atoms with Crippen LogP contribution in [0.25, 0.3) is 0 Å². The van der Waals surface area contributed by atoms with E-state index in [1.54, 1.807) is 11.8 Å². The molecule has 0 saturated heterocycles. The van der Waals surface area contributed by atoms with E-state index in [1.807, 2.05) is 13.8 Å². The van der Waals surface area contributed by atoms with Crippen LogP contribution in [0.2, 0.25) is 0 Å².